The van der Waals surface area contributed by atoms with Crippen molar-refractivity contribution in [3.8, 4) is 0 Å². The van der Waals surface area contributed by atoms with Crippen molar-refractivity contribution in [1.82, 2.24) is 10.3 Å². The van der Waals surface area contributed by atoms with E-state index in [1.165, 1.54) is 0 Å². The first-order valence-electron chi connectivity index (χ1n) is 5.11. The van der Waals surface area contributed by atoms with Crippen LogP contribution in [0.15, 0.2) is 24.4 Å². The van der Waals surface area contributed by atoms with E-state index in [0.717, 1.165) is 25.2 Å². The number of nitrogens with one attached hydrogen (secondary N) is 1. The number of pyridine rings is 1. The number of carboxylic acid groups (broad SMARTS) is 1. The summed E-state index contributed by atoms with van der Waals surface area (Å²) >= 11 is 0. The second kappa shape index (κ2) is 6.95. The average Bonchev–Trinajstić information content (AvgIpc) is 2.24. The molecule has 0 aliphatic rings. The molecule has 0 bridgehead atoms. The molecule has 1 rings (SSSR count). The normalized spacial score (nSPS) is 10.1. The smallest absolute Gasteiger partial charge is 0.303 e. The van der Waals surface area contributed by atoms with Gasteiger partial charge in [-0.15, -0.1) is 0 Å². The molecule has 0 aromatic carbocycles. The minimum absolute atomic E-state index is 0.233. The van der Waals surface area contributed by atoms with E-state index >= 15 is 0 Å². The highest BCUT2D eigenvalue weighted by Gasteiger charge is 1.96. The first kappa shape index (κ1) is 11.7. The lowest BCUT2D eigenvalue weighted by Gasteiger charge is -2.02. The first-order valence-corrected chi connectivity index (χ1v) is 5.11. The van der Waals surface area contributed by atoms with Gasteiger partial charge in [0.15, 0.2) is 0 Å². The molecule has 1 heterocycles. The molecule has 0 spiro atoms. The van der Waals surface area contributed by atoms with Crippen molar-refractivity contribution in [2.75, 3.05) is 13.1 Å². The standard InChI is InChI=1S/C11H16N2O2/c14-11(15)5-3-7-12-9-6-10-4-1-2-8-13-10/h1-2,4,8,12H,3,5-7,9H2,(H,14,15). The zero-order valence-corrected chi connectivity index (χ0v) is 8.65. The van der Waals surface area contributed by atoms with Gasteiger partial charge in [-0.25, -0.2) is 0 Å². The van der Waals surface area contributed by atoms with Crippen LogP contribution in [0.25, 0.3) is 0 Å². The van der Waals surface area contributed by atoms with Gasteiger partial charge in [0, 0.05) is 31.3 Å². The molecule has 1 aromatic heterocycles. The number of hydrogen-bond donors (Lipinski definition) is 2. The molecule has 4 heteroatoms. The third kappa shape index (κ3) is 5.80. The molecule has 0 fully saturated rings. The van der Waals surface area contributed by atoms with Crippen molar-refractivity contribution >= 4 is 5.97 Å². The highest BCUT2D eigenvalue weighted by atomic mass is 16.4. The fourth-order valence-corrected chi connectivity index (χ4v) is 1.25. The molecule has 0 amide bonds. The number of carbonyl (C=O) groups is 1. The second-order valence-corrected chi connectivity index (χ2v) is 3.32. The Hall–Kier alpha value is -1.42. The Balaban J connectivity index is 2.00. The molecule has 0 aliphatic carbocycles. The quantitative estimate of drug-likeness (QED) is 0.658. The van der Waals surface area contributed by atoms with Crippen LogP contribution in [0.4, 0.5) is 0 Å². The van der Waals surface area contributed by atoms with Crippen LogP contribution in [0.3, 0.4) is 0 Å². The van der Waals surface area contributed by atoms with E-state index in [1.54, 1.807) is 6.20 Å². The predicted molar refractivity (Wildman–Crippen MR) is 57.7 cm³/mol. The lowest BCUT2D eigenvalue weighted by atomic mass is 10.2. The Bertz CT molecular complexity index is 288. The minimum atomic E-state index is -0.735. The maximum atomic E-state index is 10.2. The Labute approximate surface area is 89.3 Å². The highest BCUT2D eigenvalue weighted by molar-refractivity contribution is 5.66. The Morgan fingerprint density at radius 1 is 1.40 bits per heavy atom. The van der Waals surface area contributed by atoms with Crippen LogP contribution >= 0.6 is 0 Å². The third-order valence-corrected chi connectivity index (χ3v) is 2.03. The van der Waals surface area contributed by atoms with Crippen molar-refractivity contribution in [3.05, 3.63) is 30.1 Å². The molecule has 0 aliphatic heterocycles. The van der Waals surface area contributed by atoms with Gasteiger partial charge in [-0.05, 0) is 25.1 Å². The summed E-state index contributed by atoms with van der Waals surface area (Å²) in [7, 11) is 0. The largest absolute Gasteiger partial charge is 0.481 e. The van der Waals surface area contributed by atoms with Gasteiger partial charge in [-0.1, -0.05) is 6.07 Å². The van der Waals surface area contributed by atoms with Gasteiger partial charge >= 0.3 is 5.97 Å². The van der Waals surface area contributed by atoms with Crippen molar-refractivity contribution < 1.29 is 9.90 Å². The minimum Gasteiger partial charge on any atom is -0.481 e. The molecule has 0 saturated heterocycles. The van der Waals surface area contributed by atoms with E-state index in [0.29, 0.717) is 6.42 Å². The lowest BCUT2D eigenvalue weighted by Crippen LogP contribution is -2.19. The average molecular weight is 208 g/mol. The van der Waals surface area contributed by atoms with Gasteiger partial charge in [-0.2, -0.15) is 0 Å². The lowest BCUT2D eigenvalue weighted by molar-refractivity contribution is -0.137. The molecular weight excluding hydrogens is 192 g/mol. The van der Waals surface area contributed by atoms with Gasteiger partial charge in [0.25, 0.3) is 0 Å². The van der Waals surface area contributed by atoms with Gasteiger partial charge in [0.1, 0.15) is 0 Å². The highest BCUT2D eigenvalue weighted by Crippen LogP contribution is 1.93. The summed E-state index contributed by atoms with van der Waals surface area (Å²) < 4.78 is 0. The summed E-state index contributed by atoms with van der Waals surface area (Å²) in [5.74, 6) is -0.735. The summed E-state index contributed by atoms with van der Waals surface area (Å²) in [6.07, 6.45) is 3.57. The van der Waals surface area contributed by atoms with Gasteiger partial charge < -0.3 is 10.4 Å². The Kier molecular flexibility index (Phi) is 5.40. The number of nitrogens with zero attached hydrogens (tertiary/aromatic N) is 1. The van der Waals surface area contributed by atoms with Crippen LogP contribution in [0, 0.1) is 0 Å². The van der Waals surface area contributed by atoms with Crippen molar-refractivity contribution in [2.24, 2.45) is 0 Å². The third-order valence-electron chi connectivity index (χ3n) is 2.03. The summed E-state index contributed by atoms with van der Waals surface area (Å²) in [5, 5.41) is 11.6. The monoisotopic (exact) mass is 208 g/mol. The first-order chi connectivity index (χ1) is 7.29. The van der Waals surface area contributed by atoms with E-state index in [2.05, 4.69) is 10.3 Å². The van der Waals surface area contributed by atoms with Gasteiger partial charge in [-0.3, -0.25) is 9.78 Å². The fraction of sp³-hybridized carbons (Fsp3) is 0.455. The van der Waals surface area contributed by atoms with E-state index in [1.807, 2.05) is 18.2 Å². The Morgan fingerprint density at radius 2 is 2.27 bits per heavy atom. The molecule has 0 unspecified atom stereocenters. The molecule has 82 valence electrons. The summed E-state index contributed by atoms with van der Waals surface area (Å²) in [6, 6.07) is 5.84. The SMILES string of the molecule is O=C(O)CCCNCCc1ccccn1. The maximum absolute atomic E-state index is 10.2. The molecule has 2 N–H and O–H groups in total. The van der Waals surface area contributed by atoms with E-state index in [4.69, 9.17) is 5.11 Å². The zero-order valence-electron chi connectivity index (χ0n) is 8.65. The van der Waals surface area contributed by atoms with Crippen molar-refractivity contribution in [2.45, 2.75) is 19.3 Å². The summed E-state index contributed by atoms with van der Waals surface area (Å²) in [6.45, 7) is 1.59. The van der Waals surface area contributed by atoms with Crippen LogP contribution in [0.1, 0.15) is 18.5 Å². The van der Waals surface area contributed by atoms with Crippen LogP contribution in [-0.2, 0) is 11.2 Å². The topological polar surface area (TPSA) is 62.2 Å². The number of aromatic nitrogens is 1. The fourth-order valence-electron chi connectivity index (χ4n) is 1.25. The van der Waals surface area contributed by atoms with Crippen LogP contribution in [-0.4, -0.2) is 29.1 Å². The Morgan fingerprint density at radius 3 is 2.93 bits per heavy atom. The number of aliphatic carboxylic acids is 1. The number of carboxylic acids is 1. The maximum Gasteiger partial charge on any atom is 0.303 e. The van der Waals surface area contributed by atoms with Crippen molar-refractivity contribution in [1.29, 1.82) is 0 Å². The zero-order chi connectivity index (χ0) is 10.9. The van der Waals surface area contributed by atoms with E-state index < -0.39 is 5.97 Å². The summed E-state index contributed by atoms with van der Waals surface area (Å²) in [5.41, 5.74) is 1.06. The number of rotatable bonds is 7. The molecule has 0 radical (unpaired) electrons. The molecule has 4 nitrogen and oxygen atoms in total. The second-order valence-electron chi connectivity index (χ2n) is 3.32. The number of hydrogen-bond acceptors (Lipinski definition) is 3. The summed E-state index contributed by atoms with van der Waals surface area (Å²) in [4.78, 5) is 14.4. The van der Waals surface area contributed by atoms with Crippen molar-refractivity contribution in [3.63, 3.8) is 0 Å². The van der Waals surface area contributed by atoms with Crippen LogP contribution < -0.4 is 5.32 Å². The molecule has 0 saturated carbocycles. The van der Waals surface area contributed by atoms with Crippen LogP contribution in [0.5, 0.6) is 0 Å². The van der Waals surface area contributed by atoms with E-state index in [-0.39, 0.29) is 6.42 Å². The molecule has 15 heavy (non-hydrogen) atoms. The molecule has 1 aromatic rings. The van der Waals surface area contributed by atoms with Crippen LogP contribution in [0.2, 0.25) is 0 Å². The molecule has 0 atom stereocenters. The predicted octanol–water partition coefficient (Wildman–Crippen LogP) is 1.08. The van der Waals surface area contributed by atoms with E-state index in [9.17, 15) is 4.79 Å². The van der Waals surface area contributed by atoms with Gasteiger partial charge in [0.05, 0.1) is 0 Å². The van der Waals surface area contributed by atoms with Gasteiger partial charge in [0.2, 0.25) is 0 Å². The molecular formula is C11H16N2O2.